The molecule has 2 atom stereocenters. The molecule has 1 rings (SSSR count). The van der Waals surface area contributed by atoms with Gasteiger partial charge in [-0.1, -0.05) is 13.0 Å². The van der Waals surface area contributed by atoms with E-state index >= 15 is 0 Å². The van der Waals surface area contributed by atoms with Gasteiger partial charge in [-0.2, -0.15) is 0 Å². The van der Waals surface area contributed by atoms with Gasteiger partial charge in [-0.25, -0.2) is 0 Å². The van der Waals surface area contributed by atoms with Crippen LogP contribution in [0.3, 0.4) is 0 Å². The van der Waals surface area contributed by atoms with Gasteiger partial charge in [-0.05, 0) is 32.4 Å². The van der Waals surface area contributed by atoms with E-state index in [0.717, 1.165) is 24.4 Å². The smallest absolute Gasteiger partial charge is 0.121 e. The highest BCUT2D eigenvalue weighted by Crippen LogP contribution is 2.19. The van der Waals surface area contributed by atoms with Gasteiger partial charge in [0, 0.05) is 25.4 Å². The molecule has 0 aliphatic heterocycles. The molecule has 3 nitrogen and oxygen atoms in total. The summed E-state index contributed by atoms with van der Waals surface area (Å²) in [5, 5.41) is 3.32. The van der Waals surface area contributed by atoms with E-state index in [4.69, 9.17) is 9.47 Å². The van der Waals surface area contributed by atoms with E-state index in [1.165, 1.54) is 0 Å². The lowest BCUT2D eigenvalue weighted by Gasteiger charge is -2.15. The third kappa shape index (κ3) is 5.09. The zero-order valence-corrected chi connectivity index (χ0v) is 11.2. The first kappa shape index (κ1) is 13.8. The van der Waals surface area contributed by atoms with Crippen LogP contribution >= 0.6 is 0 Å². The van der Waals surface area contributed by atoms with Crippen LogP contribution in [0.1, 0.15) is 27.2 Å². The molecule has 0 fully saturated rings. The van der Waals surface area contributed by atoms with Crippen molar-refractivity contribution in [2.24, 2.45) is 0 Å². The Bertz CT molecular complexity index is 328. The maximum absolute atomic E-state index is 5.77. The Labute approximate surface area is 104 Å². The monoisotopic (exact) mass is 237 g/mol. The fraction of sp³-hybridized carbons (Fsp3) is 0.571. The van der Waals surface area contributed by atoms with Crippen LogP contribution in [-0.4, -0.2) is 25.9 Å². The third-order valence-corrected chi connectivity index (χ3v) is 2.74. The van der Waals surface area contributed by atoms with E-state index in [9.17, 15) is 0 Å². The fourth-order valence-electron chi connectivity index (χ4n) is 1.34. The van der Waals surface area contributed by atoms with Crippen molar-refractivity contribution in [3.63, 3.8) is 0 Å². The van der Waals surface area contributed by atoms with Crippen LogP contribution in [0.2, 0.25) is 0 Å². The molecule has 3 heteroatoms. The molecule has 0 saturated carbocycles. The minimum atomic E-state index is 0.203. The van der Waals surface area contributed by atoms with E-state index < -0.39 is 0 Å². The summed E-state index contributed by atoms with van der Waals surface area (Å²) in [4.78, 5) is 0. The average molecular weight is 237 g/mol. The van der Waals surface area contributed by atoms with Crippen molar-refractivity contribution in [1.29, 1.82) is 0 Å². The molecule has 0 radical (unpaired) electrons. The largest absolute Gasteiger partial charge is 0.491 e. The molecular formula is C14H23NO2. The molecule has 0 aromatic heterocycles. The summed E-state index contributed by atoms with van der Waals surface area (Å²) in [5.74, 6) is 0.911. The lowest BCUT2D eigenvalue weighted by atomic mass is 10.2. The molecule has 1 aromatic carbocycles. The van der Waals surface area contributed by atoms with E-state index in [-0.39, 0.29) is 12.2 Å². The normalized spacial score (nSPS) is 14.1. The zero-order valence-electron chi connectivity index (χ0n) is 11.2. The predicted octanol–water partition coefficient (Wildman–Crippen LogP) is 3.31. The predicted molar refractivity (Wildman–Crippen MR) is 71.8 cm³/mol. The summed E-state index contributed by atoms with van der Waals surface area (Å²) in [6.45, 7) is 7.02. The quantitative estimate of drug-likeness (QED) is 0.789. The van der Waals surface area contributed by atoms with E-state index in [1.807, 2.05) is 31.2 Å². The first-order valence-corrected chi connectivity index (χ1v) is 6.19. The Morgan fingerprint density at radius 2 is 2.00 bits per heavy atom. The van der Waals surface area contributed by atoms with Crippen molar-refractivity contribution < 1.29 is 9.47 Å². The molecule has 1 aromatic rings. The highest BCUT2D eigenvalue weighted by molar-refractivity contribution is 5.48. The van der Waals surface area contributed by atoms with Crippen LogP contribution in [0.5, 0.6) is 5.75 Å². The highest BCUT2D eigenvalue weighted by atomic mass is 16.5. The van der Waals surface area contributed by atoms with Gasteiger partial charge < -0.3 is 14.8 Å². The zero-order chi connectivity index (χ0) is 12.7. The maximum Gasteiger partial charge on any atom is 0.121 e. The minimum absolute atomic E-state index is 0.203. The summed E-state index contributed by atoms with van der Waals surface area (Å²) in [6, 6.07) is 8.04. The molecule has 96 valence electrons. The van der Waals surface area contributed by atoms with Gasteiger partial charge in [0.1, 0.15) is 5.75 Å². The van der Waals surface area contributed by atoms with Crippen molar-refractivity contribution in [3.8, 4) is 5.75 Å². The standard InChI is InChI=1S/C14H23NO2/c1-5-11(2)17-14-8-6-7-13(9-14)15-10-12(3)16-4/h6-9,11-12,15H,5,10H2,1-4H3. The summed E-state index contributed by atoms with van der Waals surface area (Å²) in [6.07, 6.45) is 1.47. The molecule has 17 heavy (non-hydrogen) atoms. The van der Waals surface area contributed by atoms with Gasteiger partial charge in [0.2, 0.25) is 0 Å². The number of nitrogens with one attached hydrogen (secondary N) is 1. The van der Waals surface area contributed by atoms with Crippen molar-refractivity contribution in [3.05, 3.63) is 24.3 Å². The van der Waals surface area contributed by atoms with Gasteiger partial charge in [0.05, 0.1) is 12.2 Å². The van der Waals surface area contributed by atoms with Gasteiger partial charge in [-0.15, -0.1) is 0 Å². The van der Waals surface area contributed by atoms with E-state index in [2.05, 4.69) is 19.2 Å². The van der Waals surface area contributed by atoms with Crippen LogP contribution in [-0.2, 0) is 4.74 Å². The molecule has 2 unspecified atom stereocenters. The molecule has 0 saturated heterocycles. The Balaban J connectivity index is 2.53. The molecule has 0 aliphatic carbocycles. The third-order valence-electron chi connectivity index (χ3n) is 2.74. The van der Waals surface area contributed by atoms with Crippen LogP contribution in [0.25, 0.3) is 0 Å². The second kappa shape index (κ2) is 7.17. The SMILES string of the molecule is CCC(C)Oc1cccc(NCC(C)OC)c1. The molecule has 0 aliphatic rings. The topological polar surface area (TPSA) is 30.5 Å². The summed E-state index contributed by atoms with van der Waals surface area (Å²) in [7, 11) is 1.72. The first-order valence-electron chi connectivity index (χ1n) is 6.19. The Hall–Kier alpha value is -1.22. The summed E-state index contributed by atoms with van der Waals surface area (Å²) in [5.41, 5.74) is 1.06. The molecule has 0 amide bonds. The molecule has 0 bridgehead atoms. The average Bonchev–Trinajstić information content (AvgIpc) is 2.36. The lowest BCUT2D eigenvalue weighted by Crippen LogP contribution is -2.18. The minimum Gasteiger partial charge on any atom is -0.491 e. The van der Waals surface area contributed by atoms with E-state index in [0.29, 0.717) is 0 Å². The second-order valence-corrected chi connectivity index (χ2v) is 4.29. The summed E-state index contributed by atoms with van der Waals surface area (Å²) < 4.78 is 11.0. The highest BCUT2D eigenvalue weighted by Gasteiger charge is 2.03. The van der Waals surface area contributed by atoms with Crippen molar-refractivity contribution in [1.82, 2.24) is 0 Å². The van der Waals surface area contributed by atoms with E-state index in [1.54, 1.807) is 7.11 Å². The number of anilines is 1. The van der Waals surface area contributed by atoms with Crippen LogP contribution in [0.15, 0.2) is 24.3 Å². The second-order valence-electron chi connectivity index (χ2n) is 4.29. The summed E-state index contributed by atoms with van der Waals surface area (Å²) >= 11 is 0. The van der Waals surface area contributed by atoms with Crippen molar-refractivity contribution in [2.45, 2.75) is 39.4 Å². The van der Waals surface area contributed by atoms with Crippen molar-refractivity contribution in [2.75, 3.05) is 19.0 Å². The first-order chi connectivity index (χ1) is 8.15. The Morgan fingerprint density at radius 3 is 2.65 bits per heavy atom. The Kier molecular flexibility index (Phi) is 5.84. The number of benzene rings is 1. The van der Waals surface area contributed by atoms with Gasteiger partial charge in [-0.3, -0.25) is 0 Å². The fourth-order valence-corrected chi connectivity index (χ4v) is 1.34. The van der Waals surface area contributed by atoms with Crippen LogP contribution < -0.4 is 10.1 Å². The maximum atomic E-state index is 5.77. The molecular weight excluding hydrogens is 214 g/mol. The van der Waals surface area contributed by atoms with Crippen molar-refractivity contribution >= 4 is 5.69 Å². The number of hydrogen-bond acceptors (Lipinski definition) is 3. The number of methoxy groups -OCH3 is 1. The molecule has 1 N–H and O–H groups in total. The molecule has 0 heterocycles. The number of hydrogen-bond donors (Lipinski definition) is 1. The Morgan fingerprint density at radius 1 is 1.24 bits per heavy atom. The lowest BCUT2D eigenvalue weighted by molar-refractivity contribution is 0.129. The number of rotatable bonds is 7. The van der Waals surface area contributed by atoms with Crippen LogP contribution in [0, 0.1) is 0 Å². The van der Waals surface area contributed by atoms with Crippen LogP contribution in [0.4, 0.5) is 5.69 Å². The van der Waals surface area contributed by atoms with Gasteiger partial charge in [0.25, 0.3) is 0 Å². The van der Waals surface area contributed by atoms with Gasteiger partial charge in [0.15, 0.2) is 0 Å². The molecule has 0 spiro atoms. The van der Waals surface area contributed by atoms with Gasteiger partial charge >= 0.3 is 0 Å². The number of ether oxygens (including phenoxy) is 2.